The molecule has 0 fully saturated rings. The van der Waals surface area contributed by atoms with Gasteiger partial charge < -0.3 is 5.11 Å². The Morgan fingerprint density at radius 2 is 1.77 bits per heavy atom. The quantitative estimate of drug-likeness (QED) is 0.560. The summed E-state index contributed by atoms with van der Waals surface area (Å²) in [4.78, 5) is 0. The lowest BCUT2D eigenvalue weighted by atomic mass is 9.98. The molecular formula is C21H28O. The molecule has 1 atom stereocenters. The van der Waals surface area contributed by atoms with E-state index in [-0.39, 0.29) is 0 Å². The van der Waals surface area contributed by atoms with Crippen molar-refractivity contribution in [2.24, 2.45) is 0 Å². The van der Waals surface area contributed by atoms with Crippen LogP contribution in [0.3, 0.4) is 0 Å². The molecule has 0 saturated carbocycles. The summed E-state index contributed by atoms with van der Waals surface area (Å²) in [5.41, 5.74) is 2.75. The molecule has 1 N–H and O–H groups in total. The van der Waals surface area contributed by atoms with Crippen molar-refractivity contribution in [2.45, 2.75) is 59.0 Å². The van der Waals surface area contributed by atoms with Crippen molar-refractivity contribution >= 4 is 0 Å². The van der Waals surface area contributed by atoms with Gasteiger partial charge in [-0.2, -0.15) is 0 Å². The van der Waals surface area contributed by atoms with Crippen molar-refractivity contribution in [2.75, 3.05) is 0 Å². The summed E-state index contributed by atoms with van der Waals surface area (Å²) in [5.74, 6) is 6.02. The molecule has 1 aromatic carbocycles. The highest BCUT2D eigenvalue weighted by Gasteiger charge is 2.15. The fraction of sp³-hybridized carbons (Fsp3) is 0.429. The molecule has 22 heavy (non-hydrogen) atoms. The minimum atomic E-state index is -0.938. The Hall–Kier alpha value is -1.78. The first-order chi connectivity index (χ1) is 10.4. The van der Waals surface area contributed by atoms with Gasteiger partial charge in [-0.3, -0.25) is 0 Å². The van der Waals surface area contributed by atoms with E-state index in [0.29, 0.717) is 6.42 Å². The number of rotatable bonds is 6. The third kappa shape index (κ3) is 8.49. The smallest absolute Gasteiger partial charge is 0.123 e. The van der Waals surface area contributed by atoms with Crippen LogP contribution in [0.5, 0.6) is 0 Å². The molecule has 1 unspecified atom stereocenters. The molecule has 0 aromatic heterocycles. The molecular weight excluding hydrogens is 268 g/mol. The lowest BCUT2D eigenvalue weighted by Gasteiger charge is -2.15. The zero-order chi connectivity index (χ0) is 16.4. The second kappa shape index (κ2) is 9.28. The molecule has 0 spiro atoms. The molecule has 1 rings (SSSR count). The van der Waals surface area contributed by atoms with Crippen LogP contribution in [-0.2, 0) is 0 Å². The minimum Gasteiger partial charge on any atom is -0.378 e. The summed E-state index contributed by atoms with van der Waals surface area (Å²) in [6.45, 7) is 8.20. The van der Waals surface area contributed by atoms with Crippen molar-refractivity contribution in [3.63, 3.8) is 0 Å². The van der Waals surface area contributed by atoms with Gasteiger partial charge in [0.15, 0.2) is 0 Å². The molecule has 0 saturated heterocycles. The topological polar surface area (TPSA) is 20.2 Å². The maximum absolute atomic E-state index is 10.3. The Balaban J connectivity index is 2.45. The monoisotopic (exact) mass is 296 g/mol. The fourth-order valence-electron chi connectivity index (χ4n) is 2.08. The van der Waals surface area contributed by atoms with Crippen LogP contribution in [0.2, 0.25) is 0 Å². The average molecular weight is 296 g/mol. The van der Waals surface area contributed by atoms with Crippen molar-refractivity contribution in [1.82, 2.24) is 0 Å². The first-order valence-electron chi connectivity index (χ1n) is 7.99. The Morgan fingerprint density at radius 1 is 1.09 bits per heavy atom. The molecule has 118 valence electrons. The van der Waals surface area contributed by atoms with Crippen LogP contribution in [0, 0.1) is 11.8 Å². The summed E-state index contributed by atoms with van der Waals surface area (Å²) in [7, 11) is 0. The third-order valence-electron chi connectivity index (χ3n) is 3.47. The van der Waals surface area contributed by atoms with Gasteiger partial charge in [-0.1, -0.05) is 53.3 Å². The summed E-state index contributed by atoms with van der Waals surface area (Å²) >= 11 is 0. The molecule has 1 nitrogen and oxygen atoms in total. The Bertz CT molecular complexity index is 561. The van der Waals surface area contributed by atoms with Crippen LogP contribution in [0.1, 0.15) is 58.9 Å². The molecule has 0 radical (unpaired) electrons. The summed E-state index contributed by atoms with van der Waals surface area (Å²) in [6, 6.07) is 9.79. The van der Waals surface area contributed by atoms with Gasteiger partial charge in [-0.25, -0.2) is 0 Å². The Kier molecular flexibility index (Phi) is 7.71. The van der Waals surface area contributed by atoms with Gasteiger partial charge in [0.25, 0.3) is 0 Å². The van der Waals surface area contributed by atoms with Gasteiger partial charge >= 0.3 is 0 Å². The molecule has 0 aliphatic heterocycles. The number of allylic oxidation sites excluding steroid dienone is 4. The zero-order valence-electron chi connectivity index (χ0n) is 14.3. The summed E-state index contributed by atoms with van der Waals surface area (Å²) < 4.78 is 0. The van der Waals surface area contributed by atoms with Crippen LogP contribution < -0.4 is 0 Å². The van der Waals surface area contributed by atoms with Crippen molar-refractivity contribution in [3.05, 3.63) is 59.2 Å². The van der Waals surface area contributed by atoms with Gasteiger partial charge in [0.2, 0.25) is 0 Å². The largest absolute Gasteiger partial charge is 0.378 e. The number of aliphatic hydroxyl groups is 1. The molecule has 0 amide bonds. The van der Waals surface area contributed by atoms with E-state index in [2.05, 4.69) is 44.8 Å². The highest BCUT2D eigenvalue weighted by Crippen LogP contribution is 2.14. The number of hydrogen-bond donors (Lipinski definition) is 1. The maximum atomic E-state index is 10.3. The molecule has 1 heteroatoms. The summed E-state index contributed by atoms with van der Waals surface area (Å²) in [6.07, 6.45) is 8.18. The van der Waals surface area contributed by atoms with Gasteiger partial charge in [-0.05, 0) is 65.5 Å². The van der Waals surface area contributed by atoms with E-state index in [1.807, 2.05) is 30.3 Å². The van der Waals surface area contributed by atoms with E-state index in [4.69, 9.17) is 0 Å². The van der Waals surface area contributed by atoms with E-state index < -0.39 is 5.60 Å². The highest BCUT2D eigenvalue weighted by atomic mass is 16.3. The van der Waals surface area contributed by atoms with E-state index in [1.165, 1.54) is 11.1 Å². The molecule has 0 aliphatic rings. The normalized spacial score (nSPS) is 13.8. The number of hydrogen-bond acceptors (Lipinski definition) is 1. The lowest BCUT2D eigenvalue weighted by Crippen LogP contribution is -2.20. The minimum absolute atomic E-state index is 0.660. The van der Waals surface area contributed by atoms with Crippen LogP contribution in [0.25, 0.3) is 0 Å². The van der Waals surface area contributed by atoms with Crippen molar-refractivity contribution < 1.29 is 5.11 Å². The average Bonchev–Trinajstić information content (AvgIpc) is 2.46. The molecule has 0 aliphatic carbocycles. The Morgan fingerprint density at radius 3 is 2.41 bits per heavy atom. The maximum Gasteiger partial charge on any atom is 0.123 e. The van der Waals surface area contributed by atoms with Crippen molar-refractivity contribution in [3.8, 4) is 11.8 Å². The van der Waals surface area contributed by atoms with Gasteiger partial charge in [0.1, 0.15) is 5.60 Å². The fourth-order valence-corrected chi connectivity index (χ4v) is 2.08. The van der Waals surface area contributed by atoms with E-state index in [0.717, 1.165) is 24.8 Å². The zero-order valence-corrected chi connectivity index (χ0v) is 14.3. The van der Waals surface area contributed by atoms with Crippen LogP contribution in [-0.4, -0.2) is 10.7 Å². The highest BCUT2D eigenvalue weighted by molar-refractivity contribution is 5.35. The predicted octanol–water partition coefficient (Wildman–Crippen LogP) is 5.26. The predicted molar refractivity (Wildman–Crippen MR) is 95.6 cm³/mol. The summed E-state index contributed by atoms with van der Waals surface area (Å²) in [5, 5.41) is 10.3. The molecule has 1 aromatic rings. The first kappa shape index (κ1) is 18.3. The van der Waals surface area contributed by atoms with E-state index in [1.54, 1.807) is 6.92 Å². The third-order valence-corrected chi connectivity index (χ3v) is 3.47. The van der Waals surface area contributed by atoms with Gasteiger partial charge in [0, 0.05) is 5.56 Å². The first-order valence-corrected chi connectivity index (χ1v) is 7.99. The number of benzene rings is 1. The van der Waals surface area contributed by atoms with E-state index in [9.17, 15) is 5.11 Å². The SMILES string of the molecule is CC(C)=CCC/C(C)=C/CCC(C)(O)C#Cc1ccccc1. The van der Waals surface area contributed by atoms with Gasteiger partial charge in [-0.15, -0.1) is 0 Å². The van der Waals surface area contributed by atoms with Crippen LogP contribution >= 0.6 is 0 Å². The van der Waals surface area contributed by atoms with E-state index >= 15 is 0 Å². The van der Waals surface area contributed by atoms with Crippen LogP contribution in [0.4, 0.5) is 0 Å². The molecule has 0 bridgehead atoms. The van der Waals surface area contributed by atoms with Crippen molar-refractivity contribution in [1.29, 1.82) is 0 Å². The van der Waals surface area contributed by atoms with Gasteiger partial charge in [0.05, 0.1) is 0 Å². The second-order valence-corrected chi connectivity index (χ2v) is 6.30. The molecule has 0 heterocycles. The standard InChI is InChI=1S/C21H28O/c1-18(2)10-8-11-19(3)12-9-16-21(4,22)17-15-20-13-6-5-7-14-20/h5-7,10,12-14,22H,8-9,11,16H2,1-4H3/b19-12+. The van der Waals surface area contributed by atoms with Crippen LogP contribution in [0.15, 0.2) is 53.6 Å². The Labute approximate surface area is 135 Å². The lowest BCUT2D eigenvalue weighted by molar-refractivity contribution is 0.113. The second-order valence-electron chi connectivity index (χ2n) is 6.30.